The van der Waals surface area contributed by atoms with Crippen molar-refractivity contribution >= 4 is 28.3 Å². The Morgan fingerprint density at radius 2 is 1.77 bits per heavy atom. The average molecular weight is 429 g/mol. The van der Waals surface area contributed by atoms with Gasteiger partial charge in [0, 0.05) is 34.4 Å². The molecular weight excluding hydrogens is 412 g/mol. The quantitative estimate of drug-likeness (QED) is 0.354. The van der Waals surface area contributed by atoms with E-state index in [1.54, 1.807) is 18.3 Å². The molecule has 0 saturated heterocycles. The van der Waals surface area contributed by atoms with Gasteiger partial charge in [-0.3, -0.25) is 9.78 Å². The zero-order chi connectivity index (χ0) is 21.4. The Kier molecular flexibility index (Phi) is 4.84. The highest BCUT2D eigenvalue weighted by atomic mass is 35.5. The van der Waals surface area contributed by atoms with Crippen LogP contribution in [0.4, 0.5) is 0 Å². The Bertz CT molecular complexity index is 1390. The number of pyridine rings is 1. The number of halogens is 1. The van der Waals surface area contributed by atoms with E-state index >= 15 is 0 Å². The lowest BCUT2D eigenvalue weighted by Gasteiger charge is -2.09. The smallest absolute Gasteiger partial charge is 0.289 e. The van der Waals surface area contributed by atoms with Crippen molar-refractivity contribution in [3.8, 4) is 11.6 Å². The van der Waals surface area contributed by atoms with Gasteiger partial charge in [0.15, 0.2) is 0 Å². The first-order valence-electron chi connectivity index (χ1n) is 9.73. The summed E-state index contributed by atoms with van der Waals surface area (Å²) < 4.78 is 7.79. The molecule has 0 atom stereocenters. The number of carbonyl (C=O) groups excluding carboxylic acids is 1. The van der Waals surface area contributed by atoms with Gasteiger partial charge in [-0.2, -0.15) is 0 Å². The van der Waals surface area contributed by atoms with Crippen LogP contribution >= 0.6 is 11.6 Å². The van der Waals surface area contributed by atoms with Crippen LogP contribution in [-0.2, 0) is 6.54 Å². The van der Waals surface area contributed by atoms with Crippen LogP contribution in [0, 0.1) is 6.92 Å². The molecule has 2 aromatic carbocycles. The van der Waals surface area contributed by atoms with Crippen LogP contribution in [0.25, 0.3) is 22.5 Å². The van der Waals surface area contributed by atoms with Crippen molar-refractivity contribution in [2.24, 2.45) is 0 Å². The Morgan fingerprint density at radius 3 is 2.55 bits per heavy atom. The number of hydrogen-bond donors (Lipinski definition) is 0. The number of fused-ring (bicyclic) bond motifs is 1. The lowest BCUT2D eigenvalue weighted by molar-refractivity contribution is 0.100. The standard InChI is InChI=1S/C24H17ClN4O2/c1-15-21(22(30)24-28-27-23(31-24)19-7-4-5-13-26-19)18-6-2-3-8-20(18)29(15)14-16-9-11-17(25)12-10-16/h2-13H,14H2,1H3. The Balaban J connectivity index is 1.57. The molecule has 0 N–H and O–H groups in total. The van der Waals surface area contributed by atoms with E-state index in [2.05, 4.69) is 19.7 Å². The monoisotopic (exact) mass is 428 g/mol. The molecule has 5 aromatic rings. The van der Waals surface area contributed by atoms with Crippen LogP contribution in [0.2, 0.25) is 5.02 Å². The van der Waals surface area contributed by atoms with Gasteiger partial charge in [0.1, 0.15) is 5.69 Å². The lowest BCUT2D eigenvalue weighted by atomic mass is 10.1. The zero-order valence-electron chi connectivity index (χ0n) is 16.6. The largest absolute Gasteiger partial charge is 0.412 e. The lowest BCUT2D eigenvalue weighted by Crippen LogP contribution is -2.06. The number of aromatic nitrogens is 4. The number of para-hydroxylation sites is 1. The second-order valence-electron chi connectivity index (χ2n) is 7.15. The molecule has 7 heteroatoms. The summed E-state index contributed by atoms with van der Waals surface area (Å²) in [5, 5.41) is 9.53. The number of ketones is 1. The predicted octanol–water partition coefficient (Wildman–Crippen LogP) is 5.33. The molecule has 0 amide bonds. The Morgan fingerprint density at radius 1 is 1.00 bits per heavy atom. The number of nitrogens with zero attached hydrogens (tertiary/aromatic N) is 4. The van der Waals surface area contributed by atoms with E-state index in [1.807, 2.05) is 61.5 Å². The molecule has 0 saturated carbocycles. The van der Waals surface area contributed by atoms with Crippen molar-refractivity contribution in [1.29, 1.82) is 0 Å². The van der Waals surface area contributed by atoms with E-state index in [1.165, 1.54) is 0 Å². The second kappa shape index (κ2) is 7.81. The third kappa shape index (κ3) is 3.51. The molecule has 5 rings (SSSR count). The normalized spacial score (nSPS) is 11.2. The first kappa shape index (κ1) is 19.2. The van der Waals surface area contributed by atoms with E-state index in [4.69, 9.17) is 16.0 Å². The van der Waals surface area contributed by atoms with Gasteiger partial charge in [-0.1, -0.05) is 48.0 Å². The van der Waals surface area contributed by atoms with E-state index in [0.29, 0.717) is 22.8 Å². The molecule has 0 aliphatic heterocycles. The van der Waals surface area contributed by atoms with E-state index in [9.17, 15) is 4.79 Å². The predicted molar refractivity (Wildman–Crippen MR) is 118 cm³/mol. The van der Waals surface area contributed by atoms with Crippen molar-refractivity contribution in [3.05, 3.63) is 101 Å². The molecule has 0 radical (unpaired) electrons. The summed E-state index contributed by atoms with van der Waals surface area (Å²) in [6.07, 6.45) is 1.63. The number of rotatable bonds is 5. The summed E-state index contributed by atoms with van der Waals surface area (Å²) in [4.78, 5) is 17.6. The highest BCUT2D eigenvalue weighted by Crippen LogP contribution is 2.29. The number of benzene rings is 2. The molecule has 0 aliphatic carbocycles. The minimum atomic E-state index is -0.307. The van der Waals surface area contributed by atoms with Gasteiger partial charge in [-0.15, -0.1) is 10.2 Å². The van der Waals surface area contributed by atoms with Crippen LogP contribution in [0.15, 0.2) is 77.3 Å². The first-order valence-corrected chi connectivity index (χ1v) is 10.1. The highest BCUT2D eigenvalue weighted by molar-refractivity contribution is 6.30. The summed E-state index contributed by atoms with van der Waals surface area (Å²) >= 11 is 6.02. The van der Waals surface area contributed by atoms with Gasteiger partial charge in [0.25, 0.3) is 17.6 Å². The van der Waals surface area contributed by atoms with E-state index in [0.717, 1.165) is 22.2 Å². The van der Waals surface area contributed by atoms with Crippen molar-refractivity contribution in [2.45, 2.75) is 13.5 Å². The average Bonchev–Trinajstić information content (AvgIpc) is 3.40. The zero-order valence-corrected chi connectivity index (χ0v) is 17.4. The maximum atomic E-state index is 13.4. The minimum Gasteiger partial charge on any atom is -0.412 e. The van der Waals surface area contributed by atoms with Crippen molar-refractivity contribution in [1.82, 2.24) is 19.7 Å². The first-order chi connectivity index (χ1) is 15.1. The van der Waals surface area contributed by atoms with Crippen LogP contribution in [0.3, 0.4) is 0 Å². The number of hydrogen-bond acceptors (Lipinski definition) is 5. The SMILES string of the molecule is Cc1c(C(=O)c2nnc(-c3ccccn3)o2)c2ccccc2n1Cc1ccc(Cl)cc1. The third-order valence-corrected chi connectivity index (χ3v) is 5.47. The fraction of sp³-hybridized carbons (Fsp3) is 0.0833. The molecule has 6 nitrogen and oxygen atoms in total. The van der Waals surface area contributed by atoms with Gasteiger partial charge >= 0.3 is 0 Å². The summed E-state index contributed by atoms with van der Waals surface area (Å²) in [5.41, 5.74) is 3.96. The van der Waals surface area contributed by atoms with E-state index in [-0.39, 0.29) is 17.6 Å². The van der Waals surface area contributed by atoms with Gasteiger partial charge in [-0.05, 0) is 42.8 Å². The second-order valence-corrected chi connectivity index (χ2v) is 7.58. The highest BCUT2D eigenvalue weighted by Gasteiger charge is 2.25. The van der Waals surface area contributed by atoms with E-state index < -0.39 is 0 Å². The molecule has 3 heterocycles. The van der Waals surface area contributed by atoms with Crippen molar-refractivity contribution in [2.75, 3.05) is 0 Å². The van der Waals surface area contributed by atoms with Gasteiger partial charge in [-0.25, -0.2) is 0 Å². The molecule has 0 bridgehead atoms. The Labute approximate surface area is 183 Å². The summed E-state index contributed by atoms with van der Waals surface area (Å²) in [7, 11) is 0. The molecule has 0 unspecified atom stereocenters. The van der Waals surface area contributed by atoms with Crippen LogP contribution in [-0.4, -0.2) is 25.5 Å². The van der Waals surface area contributed by atoms with Crippen LogP contribution in [0.5, 0.6) is 0 Å². The topological polar surface area (TPSA) is 73.8 Å². The van der Waals surface area contributed by atoms with Crippen LogP contribution in [0.1, 0.15) is 27.5 Å². The summed E-state index contributed by atoms with van der Waals surface area (Å²) in [5.74, 6) is -0.150. The maximum absolute atomic E-state index is 13.4. The maximum Gasteiger partial charge on any atom is 0.289 e. The molecule has 0 aliphatic rings. The summed E-state index contributed by atoms with van der Waals surface area (Å²) in [6, 6.07) is 20.9. The van der Waals surface area contributed by atoms with Crippen molar-refractivity contribution in [3.63, 3.8) is 0 Å². The van der Waals surface area contributed by atoms with Crippen molar-refractivity contribution < 1.29 is 9.21 Å². The van der Waals surface area contributed by atoms with Crippen LogP contribution < -0.4 is 0 Å². The number of carbonyl (C=O) groups is 1. The molecule has 31 heavy (non-hydrogen) atoms. The summed E-state index contributed by atoms with van der Waals surface area (Å²) in [6.45, 7) is 2.54. The fourth-order valence-electron chi connectivity index (χ4n) is 3.71. The van der Waals surface area contributed by atoms with Gasteiger partial charge in [0.2, 0.25) is 0 Å². The molecule has 0 spiro atoms. The van der Waals surface area contributed by atoms with Gasteiger partial charge < -0.3 is 8.98 Å². The molecule has 3 aromatic heterocycles. The Hall–Kier alpha value is -3.77. The van der Waals surface area contributed by atoms with Gasteiger partial charge in [0.05, 0.1) is 5.56 Å². The third-order valence-electron chi connectivity index (χ3n) is 5.22. The molecular formula is C24H17ClN4O2. The molecule has 152 valence electrons. The molecule has 0 fully saturated rings. The minimum absolute atomic E-state index is 0.0573. The fourth-order valence-corrected chi connectivity index (χ4v) is 3.83.